The highest BCUT2D eigenvalue weighted by molar-refractivity contribution is 7.89. The molecule has 1 amide bonds. The van der Waals surface area contributed by atoms with Crippen molar-refractivity contribution >= 4 is 21.6 Å². The van der Waals surface area contributed by atoms with E-state index in [1.165, 1.54) is 4.31 Å². The molecule has 1 saturated heterocycles. The molecule has 0 atom stereocenters. The van der Waals surface area contributed by atoms with E-state index in [2.05, 4.69) is 0 Å². The summed E-state index contributed by atoms with van der Waals surface area (Å²) in [6.07, 6.45) is 4.29. The molecule has 1 aliphatic rings. The highest BCUT2D eigenvalue weighted by Crippen LogP contribution is 2.23. The number of rotatable bonds is 6. The number of benzene rings is 1. The molecule has 1 aliphatic heterocycles. The third kappa shape index (κ3) is 3.67. The summed E-state index contributed by atoms with van der Waals surface area (Å²) in [6.45, 7) is 3.26. The first-order valence-electron chi connectivity index (χ1n) is 7.83. The zero-order valence-corrected chi connectivity index (χ0v) is 14.1. The topological polar surface area (TPSA) is 57.7 Å². The van der Waals surface area contributed by atoms with Gasteiger partial charge in [-0.15, -0.1) is 0 Å². The average Bonchev–Trinajstić information content (AvgIpc) is 2.53. The number of sulfonamides is 1. The molecule has 0 bridgehead atoms. The Kier molecular flexibility index (Phi) is 5.58. The molecule has 0 aliphatic carbocycles. The van der Waals surface area contributed by atoms with Gasteiger partial charge in [-0.3, -0.25) is 4.79 Å². The van der Waals surface area contributed by atoms with Crippen LogP contribution in [0.2, 0.25) is 0 Å². The Labute approximate surface area is 133 Å². The van der Waals surface area contributed by atoms with Gasteiger partial charge < -0.3 is 4.90 Å². The molecule has 5 nitrogen and oxygen atoms in total. The van der Waals surface area contributed by atoms with Crippen LogP contribution in [0.3, 0.4) is 0 Å². The lowest BCUT2D eigenvalue weighted by atomic mass is 10.1. The van der Waals surface area contributed by atoms with Crippen molar-refractivity contribution in [2.45, 2.75) is 43.9 Å². The number of amides is 1. The first kappa shape index (κ1) is 17.0. The summed E-state index contributed by atoms with van der Waals surface area (Å²) in [7, 11) is -1.84. The van der Waals surface area contributed by atoms with Crippen LogP contribution >= 0.6 is 0 Å². The molecular weight excluding hydrogens is 300 g/mol. The van der Waals surface area contributed by atoms with Gasteiger partial charge in [0.05, 0.1) is 4.90 Å². The quantitative estimate of drug-likeness (QED) is 0.808. The Hall–Kier alpha value is -1.40. The fourth-order valence-corrected chi connectivity index (χ4v) is 3.77. The second kappa shape index (κ2) is 7.24. The van der Waals surface area contributed by atoms with E-state index >= 15 is 0 Å². The molecule has 6 heteroatoms. The summed E-state index contributed by atoms with van der Waals surface area (Å²) in [6, 6.07) is 6.64. The lowest BCUT2D eigenvalue weighted by Crippen LogP contribution is -2.35. The van der Waals surface area contributed by atoms with E-state index in [1.54, 1.807) is 36.2 Å². The lowest BCUT2D eigenvalue weighted by Gasteiger charge is -2.27. The molecule has 0 spiro atoms. The Morgan fingerprint density at radius 2 is 1.86 bits per heavy atom. The number of carbonyl (C=O) groups is 1. The van der Waals surface area contributed by atoms with Gasteiger partial charge in [0.25, 0.3) is 0 Å². The Morgan fingerprint density at radius 3 is 2.45 bits per heavy atom. The van der Waals surface area contributed by atoms with Gasteiger partial charge in [0.1, 0.15) is 0 Å². The second-order valence-electron chi connectivity index (χ2n) is 5.68. The van der Waals surface area contributed by atoms with Crippen LogP contribution in [-0.2, 0) is 14.8 Å². The van der Waals surface area contributed by atoms with E-state index in [9.17, 15) is 13.2 Å². The van der Waals surface area contributed by atoms with Crippen LogP contribution < -0.4 is 4.90 Å². The fraction of sp³-hybridized carbons (Fsp3) is 0.562. The predicted molar refractivity (Wildman–Crippen MR) is 87.4 cm³/mol. The fourth-order valence-electron chi connectivity index (χ4n) is 2.56. The Bertz CT molecular complexity index is 611. The van der Waals surface area contributed by atoms with Gasteiger partial charge in [-0.1, -0.05) is 13.3 Å². The summed E-state index contributed by atoms with van der Waals surface area (Å²) < 4.78 is 26.3. The summed E-state index contributed by atoms with van der Waals surface area (Å²) in [4.78, 5) is 13.9. The van der Waals surface area contributed by atoms with E-state index in [0.717, 1.165) is 31.4 Å². The van der Waals surface area contributed by atoms with Gasteiger partial charge >= 0.3 is 0 Å². The zero-order valence-electron chi connectivity index (χ0n) is 13.3. The van der Waals surface area contributed by atoms with E-state index in [4.69, 9.17) is 0 Å². The van der Waals surface area contributed by atoms with Gasteiger partial charge in [-0.05, 0) is 43.5 Å². The summed E-state index contributed by atoms with van der Waals surface area (Å²) in [5.74, 6) is 0.113. The maximum absolute atomic E-state index is 12.4. The first-order valence-corrected chi connectivity index (χ1v) is 9.27. The summed E-state index contributed by atoms with van der Waals surface area (Å²) in [5.41, 5.74) is 0.778. The van der Waals surface area contributed by atoms with Crippen LogP contribution in [-0.4, -0.2) is 38.8 Å². The molecule has 1 heterocycles. The molecule has 1 aromatic rings. The van der Waals surface area contributed by atoms with Gasteiger partial charge in [-0.2, -0.15) is 0 Å². The molecule has 1 aromatic carbocycles. The average molecular weight is 324 g/mol. The van der Waals surface area contributed by atoms with Crippen molar-refractivity contribution < 1.29 is 13.2 Å². The molecule has 0 aromatic heterocycles. The van der Waals surface area contributed by atoms with Crippen molar-refractivity contribution in [1.29, 1.82) is 0 Å². The molecule has 22 heavy (non-hydrogen) atoms. The smallest absolute Gasteiger partial charge is 0.242 e. The molecule has 0 unspecified atom stereocenters. The van der Waals surface area contributed by atoms with Crippen molar-refractivity contribution in [3.63, 3.8) is 0 Å². The SMILES string of the molecule is CCCCN(C)S(=O)(=O)c1ccc(N2CCCCC2=O)cc1. The van der Waals surface area contributed by atoms with Crippen molar-refractivity contribution in [1.82, 2.24) is 4.31 Å². The van der Waals surface area contributed by atoms with Crippen LogP contribution in [0.4, 0.5) is 5.69 Å². The maximum atomic E-state index is 12.4. The van der Waals surface area contributed by atoms with Gasteiger partial charge in [0.15, 0.2) is 0 Å². The number of piperidine rings is 1. The van der Waals surface area contributed by atoms with E-state index in [0.29, 0.717) is 19.5 Å². The van der Waals surface area contributed by atoms with Gasteiger partial charge in [0, 0.05) is 32.2 Å². The monoisotopic (exact) mass is 324 g/mol. The van der Waals surface area contributed by atoms with E-state index in [1.807, 2.05) is 6.92 Å². The minimum absolute atomic E-state index is 0.113. The number of hydrogen-bond donors (Lipinski definition) is 0. The predicted octanol–water partition coefficient (Wildman–Crippen LogP) is 2.62. The molecule has 2 rings (SSSR count). The number of unbranched alkanes of at least 4 members (excludes halogenated alkanes) is 1. The summed E-state index contributed by atoms with van der Waals surface area (Å²) in [5, 5.41) is 0. The minimum atomic E-state index is -3.44. The van der Waals surface area contributed by atoms with Crippen LogP contribution in [0.15, 0.2) is 29.2 Å². The highest BCUT2D eigenvalue weighted by atomic mass is 32.2. The van der Waals surface area contributed by atoms with Gasteiger partial charge in [0.2, 0.25) is 15.9 Å². The van der Waals surface area contributed by atoms with Gasteiger partial charge in [-0.25, -0.2) is 12.7 Å². The van der Waals surface area contributed by atoms with Crippen LogP contribution in [0.5, 0.6) is 0 Å². The Balaban J connectivity index is 2.15. The van der Waals surface area contributed by atoms with Crippen molar-refractivity contribution in [3.8, 4) is 0 Å². The van der Waals surface area contributed by atoms with Crippen LogP contribution in [0.1, 0.15) is 39.0 Å². The first-order chi connectivity index (χ1) is 10.5. The summed E-state index contributed by atoms with van der Waals surface area (Å²) >= 11 is 0. The number of anilines is 1. The van der Waals surface area contributed by atoms with Crippen molar-refractivity contribution in [2.75, 3.05) is 25.0 Å². The second-order valence-corrected chi connectivity index (χ2v) is 7.72. The Morgan fingerprint density at radius 1 is 1.18 bits per heavy atom. The van der Waals surface area contributed by atoms with Crippen molar-refractivity contribution in [2.24, 2.45) is 0 Å². The standard InChI is InChI=1S/C16H24N2O3S/c1-3-4-12-17(2)22(20,21)15-10-8-14(9-11-15)18-13-6-5-7-16(18)19/h8-11H,3-7,12-13H2,1-2H3. The minimum Gasteiger partial charge on any atom is -0.312 e. The molecule has 0 N–H and O–H groups in total. The normalized spacial score (nSPS) is 16.3. The lowest BCUT2D eigenvalue weighted by molar-refractivity contribution is -0.119. The van der Waals surface area contributed by atoms with Crippen LogP contribution in [0, 0.1) is 0 Å². The van der Waals surface area contributed by atoms with Crippen LogP contribution in [0.25, 0.3) is 0 Å². The molecule has 0 radical (unpaired) electrons. The number of carbonyl (C=O) groups excluding carboxylic acids is 1. The number of hydrogen-bond acceptors (Lipinski definition) is 3. The van der Waals surface area contributed by atoms with E-state index in [-0.39, 0.29) is 10.8 Å². The molecule has 122 valence electrons. The molecular formula is C16H24N2O3S. The third-order valence-corrected chi connectivity index (χ3v) is 5.88. The van der Waals surface area contributed by atoms with E-state index < -0.39 is 10.0 Å². The zero-order chi connectivity index (χ0) is 16.2. The molecule has 1 fully saturated rings. The number of nitrogens with zero attached hydrogens (tertiary/aromatic N) is 2. The molecule has 0 saturated carbocycles. The highest BCUT2D eigenvalue weighted by Gasteiger charge is 2.22. The van der Waals surface area contributed by atoms with Crippen molar-refractivity contribution in [3.05, 3.63) is 24.3 Å². The maximum Gasteiger partial charge on any atom is 0.242 e. The third-order valence-electron chi connectivity index (χ3n) is 4.01. The largest absolute Gasteiger partial charge is 0.312 e.